The van der Waals surface area contributed by atoms with Crippen LogP contribution < -0.4 is 5.32 Å². The van der Waals surface area contributed by atoms with Crippen molar-refractivity contribution in [3.8, 4) is 0 Å². The summed E-state index contributed by atoms with van der Waals surface area (Å²) in [6.45, 7) is 0.310. The van der Waals surface area contributed by atoms with Crippen LogP contribution in [0.5, 0.6) is 0 Å². The van der Waals surface area contributed by atoms with Gasteiger partial charge in [-0.25, -0.2) is 4.39 Å². The quantitative estimate of drug-likeness (QED) is 0.862. The van der Waals surface area contributed by atoms with E-state index in [2.05, 4.69) is 21.2 Å². The van der Waals surface area contributed by atoms with Crippen molar-refractivity contribution in [3.05, 3.63) is 63.3 Å². The minimum Gasteiger partial charge on any atom is -0.387 e. The van der Waals surface area contributed by atoms with Gasteiger partial charge in [0, 0.05) is 6.54 Å². The van der Waals surface area contributed by atoms with Gasteiger partial charge in [-0.05, 0) is 45.8 Å². The SMILES string of the molecule is OC(CNc1cccc(Cl)c1Br)c1ccc(F)cc1. The zero-order valence-corrected chi connectivity index (χ0v) is 12.2. The second-order valence-electron chi connectivity index (χ2n) is 4.05. The Kier molecular flexibility index (Phi) is 4.80. The van der Waals surface area contributed by atoms with Crippen molar-refractivity contribution in [3.63, 3.8) is 0 Å². The monoisotopic (exact) mass is 343 g/mol. The molecule has 0 spiro atoms. The normalized spacial score (nSPS) is 12.2. The summed E-state index contributed by atoms with van der Waals surface area (Å²) in [7, 11) is 0. The molecule has 0 bridgehead atoms. The van der Waals surface area contributed by atoms with Crippen LogP contribution in [0, 0.1) is 5.82 Å². The molecule has 2 N–H and O–H groups in total. The summed E-state index contributed by atoms with van der Waals surface area (Å²) in [4.78, 5) is 0. The maximum atomic E-state index is 12.8. The minimum absolute atomic E-state index is 0.310. The first-order chi connectivity index (χ1) is 9.08. The molecule has 5 heteroatoms. The minimum atomic E-state index is -0.716. The lowest BCUT2D eigenvalue weighted by molar-refractivity contribution is 0.191. The standard InChI is InChI=1S/C14H12BrClFNO/c15-14-11(16)2-1-3-12(14)18-8-13(19)9-4-6-10(17)7-5-9/h1-7,13,18-19H,8H2. The third kappa shape index (κ3) is 3.69. The van der Waals surface area contributed by atoms with E-state index in [1.54, 1.807) is 18.2 Å². The van der Waals surface area contributed by atoms with Crippen molar-refractivity contribution in [2.45, 2.75) is 6.10 Å². The van der Waals surface area contributed by atoms with Crippen molar-refractivity contribution in [2.75, 3.05) is 11.9 Å². The second-order valence-corrected chi connectivity index (χ2v) is 5.25. The number of aliphatic hydroxyl groups is 1. The van der Waals surface area contributed by atoms with Gasteiger partial charge in [0.1, 0.15) is 5.82 Å². The number of hydrogen-bond acceptors (Lipinski definition) is 2. The van der Waals surface area contributed by atoms with E-state index in [0.29, 0.717) is 17.1 Å². The van der Waals surface area contributed by atoms with E-state index in [9.17, 15) is 9.50 Å². The largest absolute Gasteiger partial charge is 0.387 e. The lowest BCUT2D eigenvalue weighted by Gasteiger charge is -2.14. The maximum absolute atomic E-state index is 12.8. The molecule has 100 valence electrons. The van der Waals surface area contributed by atoms with Crippen LogP contribution >= 0.6 is 27.5 Å². The van der Waals surface area contributed by atoms with Crippen LogP contribution in [-0.2, 0) is 0 Å². The molecule has 2 nitrogen and oxygen atoms in total. The van der Waals surface area contributed by atoms with Crippen molar-refractivity contribution >= 4 is 33.2 Å². The van der Waals surface area contributed by atoms with Crippen LogP contribution in [0.2, 0.25) is 5.02 Å². The van der Waals surface area contributed by atoms with Gasteiger partial charge in [-0.15, -0.1) is 0 Å². The molecule has 0 radical (unpaired) electrons. The number of halogens is 3. The van der Waals surface area contributed by atoms with Crippen LogP contribution in [0.1, 0.15) is 11.7 Å². The van der Waals surface area contributed by atoms with Crippen LogP contribution in [0.4, 0.5) is 10.1 Å². The van der Waals surface area contributed by atoms with Gasteiger partial charge in [-0.1, -0.05) is 29.8 Å². The lowest BCUT2D eigenvalue weighted by Crippen LogP contribution is -2.12. The third-order valence-electron chi connectivity index (χ3n) is 2.69. The highest BCUT2D eigenvalue weighted by molar-refractivity contribution is 9.10. The van der Waals surface area contributed by atoms with Crippen LogP contribution in [-0.4, -0.2) is 11.7 Å². The fraction of sp³-hybridized carbons (Fsp3) is 0.143. The first-order valence-electron chi connectivity index (χ1n) is 5.69. The molecule has 0 saturated carbocycles. The first-order valence-corrected chi connectivity index (χ1v) is 6.86. The zero-order valence-electron chi connectivity index (χ0n) is 9.91. The number of rotatable bonds is 4. The second kappa shape index (κ2) is 6.37. The number of aliphatic hydroxyl groups excluding tert-OH is 1. The molecule has 0 aliphatic rings. The topological polar surface area (TPSA) is 32.3 Å². The fourth-order valence-corrected chi connectivity index (χ4v) is 2.23. The Balaban J connectivity index is 2.02. The number of anilines is 1. The number of hydrogen-bond donors (Lipinski definition) is 2. The first kappa shape index (κ1) is 14.3. The van der Waals surface area contributed by atoms with Gasteiger partial charge in [-0.2, -0.15) is 0 Å². The predicted molar refractivity (Wildman–Crippen MR) is 79.0 cm³/mol. The van der Waals surface area contributed by atoms with Crippen LogP contribution in [0.3, 0.4) is 0 Å². The third-order valence-corrected chi connectivity index (χ3v) is 4.09. The molecule has 0 fully saturated rings. The Morgan fingerprint density at radius 1 is 1.21 bits per heavy atom. The molecular weight excluding hydrogens is 333 g/mol. The van der Waals surface area contributed by atoms with Crippen molar-refractivity contribution in [1.29, 1.82) is 0 Å². The molecule has 2 rings (SSSR count). The average molecular weight is 345 g/mol. The Morgan fingerprint density at radius 3 is 2.58 bits per heavy atom. The van der Waals surface area contributed by atoms with Gasteiger partial charge in [0.2, 0.25) is 0 Å². The molecule has 0 saturated heterocycles. The molecule has 2 aromatic carbocycles. The van der Waals surface area contributed by atoms with Crippen molar-refractivity contribution < 1.29 is 9.50 Å². The molecule has 0 aliphatic carbocycles. The van der Waals surface area contributed by atoms with Gasteiger partial charge in [0.05, 0.1) is 21.3 Å². The van der Waals surface area contributed by atoms with Crippen molar-refractivity contribution in [1.82, 2.24) is 0 Å². The molecule has 19 heavy (non-hydrogen) atoms. The molecule has 1 unspecified atom stereocenters. The number of nitrogens with one attached hydrogen (secondary N) is 1. The molecule has 0 aliphatic heterocycles. The summed E-state index contributed by atoms with van der Waals surface area (Å²) >= 11 is 9.34. The Bertz CT molecular complexity index is 562. The average Bonchev–Trinajstić information content (AvgIpc) is 2.41. The van der Waals surface area contributed by atoms with E-state index in [4.69, 9.17) is 11.6 Å². The Morgan fingerprint density at radius 2 is 1.89 bits per heavy atom. The summed E-state index contributed by atoms with van der Waals surface area (Å²) in [5, 5.41) is 13.7. The van der Waals surface area contributed by atoms with Crippen LogP contribution in [0.15, 0.2) is 46.9 Å². The number of benzene rings is 2. The summed E-state index contributed by atoms with van der Waals surface area (Å²) < 4.78 is 13.5. The smallest absolute Gasteiger partial charge is 0.123 e. The summed E-state index contributed by atoms with van der Waals surface area (Å²) in [5.74, 6) is -0.318. The van der Waals surface area contributed by atoms with E-state index < -0.39 is 6.10 Å². The summed E-state index contributed by atoms with van der Waals surface area (Å²) in [6, 6.07) is 11.2. The lowest BCUT2D eigenvalue weighted by atomic mass is 10.1. The Labute approximate surface area is 124 Å². The van der Waals surface area contributed by atoms with Gasteiger partial charge < -0.3 is 10.4 Å². The van der Waals surface area contributed by atoms with E-state index in [1.807, 2.05) is 12.1 Å². The molecular formula is C14H12BrClFNO. The molecule has 0 amide bonds. The molecule has 2 aromatic rings. The maximum Gasteiger partial charge on any atom is 0.123 e. The summed E-state index contributed by atoms with van der Waals surface area (Å²) in [6.07, 6.45) is -0.716. The zero-order chi connectivity index (χ0) is 13.8. The van der Waals surface area contributed by atoms with E-state index in [1.165, 1.54) is 12.1 Å². The van der Waals surface area contributed by atoms with E-state index in [0.717, 1.165) is 10.2 Å². The molecule has 1 atom stereocenters. The fourth-order valence-electron chi connectivity index (χ4n) is 1.65. The van der Waals surface area contributed by atoms with Gasteiger partial charge >= 0.3 is 0 Å². The van der Waals surface area contributed by atoms with Gasteiger partial charge in [0.25, 0.3) is 0 Å². The highest BCUT2D eigenvalue weighted by Crippen LogP contribution is 2.30. The molecule has 0 aromatic heterocycles. The molecule has 0 heterocycles. The van der Waals surface area contributed by atoms with Crippen molar-refractivity contribution in [2.24, 2.45) is 0 Å². The van der Waals surface area contributed by atoms with E-state index >= 15 is 0 Å². The van der Waals surface area contributed by atoms with Gasteiger partial charge in [0.15, 0.2) is 0 Å². The predicted octanol–water partition coefficient (Wildman–Crippen LogP) is 4.39. The highest BCUT2D eigenvalue weighted by Gasteiger charge is 2.09. The summed E-state index contributed by atoms with van der Waals surface area (Å²) in [5.41, 5.74) is 1.46. The highest BCUT2D eigenvalue weighted by atomic mass is 79.9. The van der Waals surface area contributed by atoms with Crippen LogP contribution in [0.25, 0.3) is 0 Å². The Hall–Kier alpha value is -1.10. The van der Waals surface area contributed by atoms with Gasteiger partial charge in [-0.3, -0.25) is 0 Å². The van der Waals surface area contributed by atoms with E-state index in [-0.39, 0.29) is 5.82 Å².